The van der Waals surface area contributed by atoms with Gasteiger partial charge >= 0.3 is 0 Å². The molecular weight excluding hydrogens is 250 g/mol. The molecular formula is C14H22ClNO2. The maximum Gasteiger partial charge on any atom is 0.169 e. The Morgan fingerprint density at radius 3 is 2.17 bits per heavy atom. The fourth-order valence-corrected chi connectivity index (χ4v) is 1.81. The summed E-state index contributed by atoms with van der Waals surface area (Å²) in [6.45, 7) is 8.02. The van der Waals surface area contributed by atoms with Gasteiger partial charge in [-0.2, -0.15) is 0 Å². The summed E-state index contributed by atoms with van der Waals surface area (Å²) in [5.41, 5.74) is 1.20. The molecule has 0 radical (unpaired) electrons. The maximum absolute atomic E-state index is 5.87. The molecule has 0 aliphatic heterocycles. The van der Waals surface area contributed by atoms with Gasteiger partial charge in [-0.15, -0.1) is 0 Å². The Labute approximate surface area is 114 Å². The van der Waals surface area contributed by atoms with Gasteiger partial charge in [-0.3, -0.25) is 0 Å². The highest BCUT2D eigenvalue weighted by Crippen LogP contribution is 2.16. The second kappa shape index (κ2) is 8.48. The fourth-order valence-electron chi connectivity index (χ4n) is 1.68. The van der Waals surface area contributed by atoms with Crippen LogP contribution in [-0.2, 0) is 9.47 Å². The van der Waals surface area contributed by atoms with Crippen molar-refractivity contribution in [3.8, 4) is 0 Å². The van der Waals surface area contributed by atoms with Crippen molar-refractivity contribution in [1.82, 2.24) is 5.32 Å². The summed E-state index contributed by atoms with van der Waals surface area (Å²) in [6, 6.07) is 8.09. The van der Waals surface area contributed by atoms with Gasteiger partial charge in [0.25, 0.3) is 0 Å². The molecule has 3 nitrogen and oxygen atoms in total. The normalized spacial score (nSPS) is 12.9. The van der Waals surface area contributed by atoms with Gasteiger partial charge in [0, 0.05) is 30.8 Å². The molecule has 1 atom stereocenters. The number of rotatable bonds is 8. The molecule has 0 saturated carbocycles. The van der Waals surface area contributed by atoms with Crippen LogP contribution in [0.2, 0.25) is 5.02 Å². The van der Waals surface area contributed by atoms with E-state index >= 15 is 0 Å². The average molecular weight is 272 g/mol. The molecule has 0 aliphatic rings. The molecule has 0 bridgehead atoms. The van der Waals surface area contributed by atoms with Gasteiger partial charge in [-0.1, -0.05) is 23.7 Å². The smallest absolute Gasteiger partial charge is 0.169 e. The highest BCUT2D eigenvalue weighted by molar-refractivity contribution is 6.30. The third-order valence-corrected chi connectivity index (χ3v) is 2.92. The largest absolute Gasteiger partial charge is 0.352 e. The molecule has 102 valence electrons. The zero-order chi connectivity index (χ0) is 13.4. The molecule has 0 amide bonds. The Morgan fingerprint density at radius 2 is 1.67 bits per heavy atom. The molecule has 1 rings (SSSR count). The summed E-state index contributed by atoms with van der Waals surface area (Å²) in [7, 11) is 0. The number of ether oxygens (including phenoxy) is 2. The minimum absolute atomic E-state index is 0.185. The summed E-state index contributed by atoms with van der Waals surface area (Å²) >= 11 is 5.87. The lowest BCUT2D eigenvalue weighted by Gasteiger charge is -2.21. The second-order valence-electron chi connectivity index (χ2n) is 4.02. The monoisotopic (exact) mass is 271 g/mol. The summed E-state index contributed by atoms with van der Waals surface area (Å²) in [5, 5.41) is 4.15. The van der Waals surface area contributed by atoms with Crippen LogP contribution in [0.5, 0.6) is 0 Å². The van der Waals surface area contributed by atoms with Crippen LogP contribution in [-0.4, -0.2) is 26.0 Å². The van der Waals surface area contributed by atoms with E-state index in [2.05, 4.69) is 12.2 Å². The Hall–Kier alpha value is -0.610. The van der Waals surface area contributed by atoms with Crippen LogP contribution in [0.4, 0.5) is 0 Å². The van der Waals surface area contributed by atoms with Crippen molar-refractivity contribution in [3.63, 3.8) is 0 Å². The third-order valence-electron chi connectivity index (χ3n) is 2.67. The Morgan fingerprint density at radius 1 is 1.11 bits per heavy atom. The first kappa shape index (κ1) is 15.4. The van der Waals surface area contributed by atoms with Crippen molar-refractivity contribution < 1.29 is 9.47 Å². The van der Waals surface area contributed by atoms with E-state index in [1.54, 1.807) is 0 Å². The van der Waals surface area contributed by atoms with Crippen LogP contribution < -0.4 is 5.32 Å². The molecule has 1 aromatic carbocycles. The second-order valence-corrected chi connectivity index (χ2v) is 4.46. The van der Waals surface area contributed by atoms with Gasteiger partial charge in [0.1, 0.15) is 0 Å². The molecule has 18 heavy (non-hydrogen) atoms. The number of hydrogen-bond acceptors (Lipinski definition) is 3. The molecule has 0 spiro atoms. The van der Waals surface area contributed by atoms with Crippen molar-refractivity contribution >= 4 is 11.6 Å². The summed E-state index contributed by atoms with van der Waals surface area (Å²) in [4.78, 5) is 0. The lowest BCUT2D eigenvalue weighted by molar-refractivity contribution is -0.133. The molecule has 0 saturated heterocycles. The Bertz CT molecular complexity index is 323. The van der Waals surface area contributed by atoms with Crippen LogP contribution in [0.25, 0.3) is 0 Å². The molecule has 0 aliphatic carbocycles. The van der Waals surface area contributed by atoms with E-state index in [1.165, 1.54) is 5.56 Å². The van der Waals surface area contributed by atoms with Gasteiger partial charge in [0.2, 0.25) is 0 Å². The topological polar surface area (TPSA) is 30.5 Å². The molecule has 0 unspecified atom stereocenters. The minimum Gasteiger partial charge on any atom is -0.352 e. The van der Waals surface area contributed by atoms with Gasteiger partial charge in [0.15, 0.2) is 6.29 Å². The summed E-state index contributed by atoms with van der Waals surface area (Å²) < 4.78 is 11.0. The van der Waals surface area contributed by atoms with Crippen LogP contribution >= 0.6 is 11.6 Å². The first-order valence-corrected chi connectivity index (χ1v) is 6.77. The first-order chi connectivity index (χ1) is 8.67. The van der Waals surface area contributed by atoms with Gasteiger partial charge in [-0.25, -0.2) is 0 Å². The highest BCUT2D eigenvalue weighted by Gasteiger charge is 2.10. The molecule has 0 heterocycles. The van der Waals surface area contributed by atoms with Crippen molar-refractivity contribution in [3.05, 3.63) is 34.9 Å². The van der Waals surface area contributed by atoms with Gasteiger partial charge in [0.05, 0.1) is 0 Å². The number of hydrogen-bond donors (Lipinski definition) is 1. The molecule has 1 aromatic rings. The first-order valence-electron chi connectivity index (χ1n) is 6.39. The third kappa shape index (κ3) is 5.36. The predicted octanol–water partition coefficient (Wildman–Crippen LogP) is 3.39. The Kier molecular flexibility index (Phi) is 7.28. The van der Waals surface area contributed by atoms with E-state index in [0.717, 1.165) is 5.02 Å². The zero-order valence-corrected chi connectivity index (χ0v) is 12.0. The minimum atomic E-state index is -0.185. The maximum atomic E-state index is 5.87. The quantitative estimate of drug-likeness (QED) is 0.735. The number of benzene rings is 1. The molecule has 0 fully saturated rings. The van der Waals surface area contributed by atoms with Gasteiger partial charge in [-0.05, 0) is 38.5 Å². The van der Waals surface area contributed by atoms with E-state index in [-0.39, 0.29) is 12.3 Å². The van der Waals surface area contributed by atoms with Crippen LogP contribution in [0.1, 0.15) is 32.4 Å². The van der Waals surface area contributed by atoms with E-state index in [9.17, 15) is 0 Å². The number of nitrogens with one attached hydrogen (secondary N) is 1. The Balaban J connectivity index is 2.43. The van der Waals surface area contributed by atoms with E-state index in [4.69, 9.17) is 21.1 Å². The number of halogens is 1. The van der Waals surface area contributed by atoms with Crippen LogP contribution in [0.15, 0.2) is 24.3 Å². The average Bonchev–Trinajstić information content (AvgIpc) is 2.37. The van der Waals surface area contributed by atoms with E-state index in [0.29, 0.717) is 19.8 Å². The SMILES string of the molecule is CCOC(CN[C@H](C)c1ccc(Cl)cc1)OCC. The van der Waals surface area contributed by atoms with E-state index in [1.807, 2.05) is 38.1 Å². The predicted molar refractivity (Wildman–Crippen MR) is 74.9 cm³/mol. The van der Waals surface area contributed by atoms with E-state index < -0.39 is 0 Å². The van der Waals surface area contributed by atoms with Crippen LogP contribution in [0.3, 0.4) is 0 Å². The summed E-state index contributed by atoms with van der Waals surface area (Å²) in [6.07, 6.45) is -0.185. The molecule has 4 heteroatoms. The standard InChI is InChI=1S/C14H22ClNO2/c1-4-17-14(18-5-2)10-16-11(3)12-6-8-13(15)9-7-12/h6-9,11,14,16H,4-5,10H2,1-3H3/t11-/m1/s1. The fraction of sp³-hybridized carbons (Fsp3) is 0.571. The van der Waals surface area contributed by atoms with Crippen molar-refractivity contribution in [2.24, 2.45) is 0 Å². The zero-order valence-electron chi connectivity index (χ0n) is 11.3. The molecule has 1 N–H and O–H groups in total. The summed E-state index contributed by atoms with van der Waals surface area (Å²) in [5.74, 6) is 0. The van der Waals surface area contributed by atoms with Gasteiger partial charge < -0.3 is 14.8 Å². The molecule has 0 aromatic heterocycles. The van der Waals surface area contributed by atoms with Crippen molar-refractivity contribution in [1.29, 1.82) is 0 Å². The lowest BCUT2D eigenvalue weighted by Crippen LogP contribution is -2.33. The lowest BCUT2D eigenvalue weighted by atomic mass is 10.1. The van der Waals surface area contributed by atoms with Crippen molar-refractivity contribution in [2.45, 2.75) is 33.1 Å². The highest BCUT2D eigenvalue weighted by atomic mass is 35.5. The van der Waals surface area contributed by atoms with Crippen molar-refractivity contribution in [2.75, 3.05) is 19.8 Å². The van der Waals surface area contributed by atoms with Crippen LogP contribution in [0, 0.1) is 0 Å².